The van der Waals surface area contributed by atoms with E-state index < -0.39 is 0 Å². The van der Waals surface area contributed by atoms with E-state index in [4.69, 9.17) is 0 Å². The lowest BCUT2D eigenvalue weighted by Gasteiger charge is -2.62. The summed E-state index contributed by atoms with van der Waals surface area (Å²) >= 11 is 0. The number of likely N-dealkylation sites (tertiary alicyclic amines) is 1. The van der Waals surface area contributed by atoms with Gasteiger partial charge in [0.2, 0.25) is 5.91 Å². The lowest BCUT2D eigenvalue weighted by atomic mass is 9.46. The highest BCUT2D eigenvalue weighted by Gasteiger charge is 2.62. The van der Waals surface area contributed by atoms with Crippen molar-refractivity contribution in [3.05, 3.63) is 42.7 Å². The Balaban J connectivity index is 1.25. The second-order valence-electron chi connectivity index (χ2n) is 9.50. The third kappa shape index (κ3) is 2.25. The molecule has 140 valence electrons. The third-order valence-corrected chi connectivity index (χ3v) is 7.71. The number of carbonyl (C=O) groups excluding carboxylic acids is 1. The van der Waals surface area contributed by atoms with Crippen LogP contribution in [0.5, 0.6) is 0 Å². The molecular weight excluding hydrogens is 338 g/mol. The normalized spacial score (nSPS) is 37.4. The summed E-state index contributed by atoms with van der Waals surface area (Å²) in [5, 5.41) is 4.50. The zero-order valence-corrected chi connectivity index (χ0v) is 15.5. The van der Waals surface area contributed by atoms with Crippen molar-refractivity contribution in [2.75, 3.05) is 13.1 Å². The van der Waals surface area contributed by atoms with Crippen LogP contribution in [0.4, 0.5) is 0 Å². The minimum Gasteiger partial charge on any atom is -0.341 e. The Morgan fingerprint density at radius 1 is 1.11 bits per heavy atom. The van der Waals surface area contributed by atoms with Gasteiger partial charge >= 0.3 is 0 Å². The van der Waals surface area contributed by atoms with Crippen molar-refractivity contribution in [2.45, 2.75) is 50.0 Å². The standard InChI is InChI=1S/C21H25N5O/c27-19(25-10-18(11-25)17-2-1-3-22-9-17)20-5-15-4-16(6-20)8-21(7-15,12-20)26-14-23-13-24-26/h1-3,9,13-16,18H,4-8,10-12H2/t15-,16-,20?,21?/m0/s1. The second kappa shape index (κ2) is 5.40. The number of amides is 1. The van der Waals surface area contributed by atoms with Gasteiger partial charge in [-0.1, -0.05) is 6.07 Å². The number of hydrogen-bond acceptors (Lipinski definition) is 4. The van der Waals surface area contributed by atoms with Gasteiger partial charge in [0.05, 0.1) is 11.0 Å². The largest absolute Gasteiger partial charge is 0.341 e. The average molecular weight is 363 g/mol. The molecule has 6 nitrogen and oxygen atoms in total. The lowest BCUT2D eigenvalue weighted by molar-refractivity contribution is -0.171. The first-order valence-electron chi connectivity index (χ1n) is 10.2. The van der Waals surface area contributed by atoms with E-state index in [2.05, 4.69) is 30.7 Å². The summed E-state index contributed by atoms with van der Waals surface area (Å²) in [6, 6.07) is 4.12. The molecule has 4 saturated carbocycles. The van der Waals surface area contributed by atoms with Gasteiger partial charge in [-0.15, -0.1) is 0 Å². The first-order valence-corrected chi connectivity index (χ1v) is 10.2. The van der Waals surface area contributed by atoms with Crippen LogP contribution < -0.4 is 0 Å². The van der Waals surface area contributed by atoms with E-state index in [1.807, 2.05) is 24.8 Å². The van der Waals surface area contributed by atoms with Crippen molar-refractivity contribution in [3.63, 3.8) is 0 Å². The summed E-state index contributed by atoms with van der Waals surface area (Å²) in [6.07, 6.45) is 14.0. The highest BCUT2D eigenvalue weighted by molar-refractivity contribution is 5.84. The van der Waals surface area contributed by atoms with Crippen LogP contribution >= 0.6 is 0 Å². The Kier molecular flexibility index (Phi) is 3.15. The summed E-state index contributed by atoms with van der Waals surface area (Å²) in [5.74, 6) is 2.17. The second-order valence-corrected chi connectivity index (χ2v) is 9.50. The fraction of sp³-hybridized carbons (Fsp3) is 0.619. The Hall–Kier alpha value is -2.24. The average Bonchev–Trinajstić information content (AvgIpc) is 3.16. The molecular formula is C21H25N5O. The molecule has 2 atom stereocenters. The Bertz CT molecular complexity index is 844. The fourth-order valence-corrected chi connectivity index (χ4v) is 6.99. The number of rotatable bonds is 3. The molecule has 1 aliphatic heterocycles. The third-order valence-electron chi connectivity index (χ3n) is 7.71. The Morgan fingerprint density at radius 2 is 1.93 bits per heavy atom. The van der Waals surface area contributed by atoms with E-state index >= 15 is 0 Å². The molecule has 5 aliphatic rings. The number of aromatic nitrogens is 4. The maximum absolute atomic E-state index is 13.6. The molecule has 5 fully saturated rings. The maximum atomic E-state index is 13.6. The number of carbonyl (C=O) groups is 1. The van der Waals surface area contributed by atoms with Gasteiger partial charge in [-0.3, -0.25) is 9.78 Å². The van der Waals surface area contributed by atoms with Crippen molar-refractivity contribution < 1.29 is 4.79 Å². The van der Waals surface area contributed by atoms with E-state index in [9.17, 15) is 4.79 Å². The molecule has 1 amide bonds. The van der Waals surface area contributed by atoms with E-state index in [-0.39, 0.29) is 11.0 Å². The summed E-state index contributed by atoms with van der Waals surface area (Å²) in [4.78, 5) is 24.2. The smallest absolute Gasteiger partial charge is 0.228 e. The SMILES string of the molecule is O=C(N1CC(c2cccnc2)C1)C12C[C@@H]3C[C@@H](C1)CC(n1cncn1)(C3)C2. The van der Waals surface area contributed by atoms with E-state index in [0.29, 0.717) is 23.7 Å². The Morgan fingerprint density at radius 3 is 2.59 bits per heavy atom. The summed E-state index contributed by atoms with van der Waals surface area (Å²) < 4.78 is 2.08. The predicted molar refractivity (Wildman–Crippen MR) is 98.7 cm³/mol. The molecule has 4 aliphatic carbocycles. The zero-order chi connectivity index (χ0) is 18.1. The van der Waals surface area contributed by atoms with Gasteiger partial charge in [-0.05, 0) is 62.0 Å². The molecule has 2 aromatic rings. The van der Waals surface area contributed by atoms with Crippen LogP contribution in [0.3, 0.4) is 0 Å². The summed E-state index contributed by atoms with van der Waals surface area (Å²) in [6.45, 7) is 1.69. The predicted octanol–water partition coefficient (Wildman–Crippen LogP) is 2.59. The van der Waals surface area contributed by atoms with E-state index in [1.165, 1.54) is 24.8 Å². The molecule has 0 aromatic carbocycles. The van der Waals surface area contributed by atoms with Crippen molar-refractivity contribution in [1.29, 1.82) is 0 Å². The van der Waals surface area contributed by atoms with E-state index in [0.717, 1.165) is 32.4 Å². The highest BCUT2D eigenvalue weighted by atomic mass is 16.2. The minimum absolute atomic E-state index is 0.0177. The molecule has 27 heavy (non-hydrogen) atoms. The maximum Gasteiger partial charge on any atom is 0.228 e. The van der Waals surface area contributed by atoms with Gasteiger partial charge in [0.15, 0.2) is 0 Å². The van der Waals surface area contributed by atoms with Crippen molar-refractivity contribution in [2.24, 2.45) is 17.3 Å². The van der Waals surface area contributed by atoms with Crippen LogP contribution in [-0.2, 0) is 10.3 Å². The summed E-state index contributed by atoms with van der Waals surface area (Å²) in [5.41, 5.74) is 1.10. The zero-order valence-electron chi connectivity index (χ0n) is 15.5. The van der Waals surface area contributed by atoms with Crippen molar-refractivity contribution in [3.8, 4) is 0 Å². The summed E-state index contributed by atoms with van der Waals surface area (Å²) in [7, 11) is 0. The first kappa shape index (κ1) is 15.8. The van der Waals surface area contributed by atoms with Crippen LogP contribution in [0, 0.1) is 17.3 Å². The van der Waals surface area contributed by atoms with Crippen LogP contribution in [0.1, 0.15) is 50.0 Å². The van der Waals surface area contributed by atoms with E-state index in [1.54, 1.807) is 6.33 Å². The topological polar surface area (TPSA) is 63.9 Å². The van der Waals surface area contributed by atoms with Gasteiger partial charge in [0, 0.05) is 31.4 Å². The molecule has 0 spiro atoms. The van der Waals surface area contributed by atoms with Crippen LogP contribution in [0.2, 0.25) is 0 Å². The minimum atomic E-state index is -0.171. The number of nitrogens with zero attached hydrogens (tertiary/aromatic N) is 5. The van der Waals surface area contributed by atoms with Crippen LogP contribution in [0.25, 0.3) is 0 Å². The van der Waals surface area contributed by atoms with Gasteiger partial charge in [-0.25, -0.2) is 9.67 Å². The molecule has 0 N–H and O–H groups in total. The van der Waals surface area contributed by atoms with Gasteiger partial charge in [0.1, 0.15) is 12.7 Å². The molecule has 6 heteroatoms. The number of pyridine rings is 1. The molecule has 7 rings (SSSR count). The molecule has 3 heterocycles. The first-order chi connectivity index (χ1) is 13.2. The molecule has 2 aromatic heterocycles. The van der Waals surface area contributed by atoms with Gasteiger partial charge in [-0.2, -0.15) is 5.10 Å². The quantitative estimate of drug-likeness (QED) is 0.841. The Labute approximate surface area is 159 Å². The highest BCUT2D eigenvalue weighted by Crippen LogP contribution is 2.64. The molecule has 4 bridgehead atoms. The fourth-order valence-electron chi connectivity index (χ4n) is 6.99. The van der Waals surface area contributed by atoms with Crippen LogP contribution in [0.15, 0.2) is 37.2 Å². The lowest BCUT2D eigenvalue weighted by Crippen LogP contribution is -2.63. The monoisotopic (exact) mass is 363 g/mol. The molecule has 0 unspecified atom stereocenters. The van der Waals surface area contributed by atoms with Gasteiger partial charge in [0.25, 0.3) is 0 Å². The molecule has 0 radical (unpaired) electrons. The van der Waals surface area contributed by atoms with Gasteiger partial charge < -0.3 is 4.90 Å². The van der Waals surface area contributed by atoms with Crippen molar-refractivity contribution in [1.82, 2.24) is 24.6 Å². The molecule has 1 saturated heterocycles. The number of hydrogen-bond donors (Lipinski definition) is 0. The van der Waals surface area contributed by atoms with Crippen LogP contribution in [-0.4, -0.2) is 43.6 Å². The van der Waals surface area contributed by atoms with Crippen molar-refractivity contribution >= 4 is 5.91 Å².